The Bertz CT molecular complexity index is 823. The van der Waals surface area contributed by atoms with Crippen LogP contribution in [0.5, 0.6) is 0 Å². The van der Waals surface area contributed by atoms with Crippen LogP contribution in [0.4, 0.5) is 4.79 Å². The second-order valence-electron chi connectivity index (χ2n) is 5.16. The Kier molecular flexibility index (Phi) is 4.15. The van der Waals surface area contributed by atoms with Gasteiger partial charge in [-0.1, -0.05) is 30.3 Å². The molecule has 1 fully saturated rings. The van der Waals surface area contributed by atoms with Crippen molar-refractivity contribution in [2.45, 2.75) is 6.42 Å². The van der Waals surface area contributed by atoms with E-state index in [4.69, 9.17) is 9.52 Å². The Labute approximate surface area is 137 Å². The van der Waals surface area contributed by atoms with Gasteiger partial charge in [0, 0.05) is 18.2 Å². The molecule has 1 saturated heterocycles. The molecule has 122 valence electrons. The highest BCUT2D eigenvalue weighted by molar-refractivity contribution is 6.13. The largest absolute Gasteiger partial charge is 0.481 e. The molecule has 0 unspecified atom stereocenters. The van der Waals surface area contributed by atoms with Crippen LogP contribution >= 0.6 is 0 Å². The van der Waals surface area contributed by atoms with E-state index in [0.717, 1.165) is 10.5 Å². The van der Waals surface area contributed by atoms with Crippen LogP contribution in [0.2, 0.25) is 0 Å². The fourth-order valence-electron chi connectivity index (χ4n) is 2.31. The molecule has 0 bridgehead atoms. The quantitative estimate of drug-likeness (QED) is 0.649. The van der Waals surface area contributed by atoms with E-state index in [-0.39, 0.29) is 18.7 Å². The molecule has 0 aliphatic carbocycles. The van der Waals surface area contributed by atoms with Crippen LogP contribution < -0.4 is 5.32 Å². The number of urea groups is 1. The summed E-state index contributed by atoms with van der Waals surface area (Å²) >= 11 is 0. The molecule has 7 nitrogen and oxygen atoms in total. The van der Waals surface area contributed by atoms with Gasteiger partial charge in [0.15, 0.2) is 0 Å². The van der Waals surface area contributed by atoms with Gasteiger partial charge in [0.05, 0.1) is 6.42 Å². The Balaban J connectivity index is 1.77. The molecule has 0 radical (unpaired) electrons. The van der Waals surface area contributed by atoms with Gasteiger partial charge in [0.25, 0.3) is 5.91 Å². The third-order valence-electron chi connectivity index (χ3n) is 3.48. The summed E-state index contributed by atoms with van der Waals surface area (Å²) < 4.78 is 5.66. The number of hydrogen-bond donors (Lipinski definition) is 2. The van der Waals surface area contributed by atoms with Gasteiger partial charge in [-0.05, 0) is 12.1 Å². The summed E-state index contributed by atoms with van der Waals surface area (Å²) in [6.45, 7) is -0.176. The molecule has 0 spiro atoms. The minimum atomic E-state index is -1.08. The first-order chi connectivity index (χ1) is 11.5. The van der Waals surface area contributed by atoms with E-state index in [1.54, 1.807) is 12.1 Å². The number of nitrogens with one attached hydrogen (secondary N) is 1. The number of carbonyl (C=O) groups excluding carboxylic acids is 2. The summed E-state index contributed by atoms with van der Waals surface area (Å²) in [5.41, 5.74) is 0.950. The number of nitrogens with zero attached hydrogens (tertiary/aromatic N) is 1. The third kappa shape index (κ3) is 3.19. The van der Waals surface area contributed by atoms with Gasteiger partial charge in [0.2, 0.25) is 0 Å². The summed E-state index contributed by atoms with van der Waals surface area (Å²) in [7, 11) is 0. The van der Waals surface area contributed by atoms with Crippen LogP contribution in [0.3, 0.4) is 0 Å². The molecule has 24 heavy (non-hydrogen) atoms. The zero-order chi connectivity index (χ0) is 17.1. The molecule has 1 aromatic carbocycles. The van der Waals surface area contributed by atoms with Gasteiger partial charge in [-0.3, -0.25) is 14.5 Å². The number of aliphatic carboxylic acids is 1. The smallest absolute Gasteiger partial charge is 0.329 e. The molecule has 0 atom stereocenters. The molecule has 1 aliphatic heterocycles. The van der Waals surface area contributed by atoms with Gasteiger partial charge >= 0.3 is 12.0 Å². The van der Waals surface area contributed by atoms with E-state index >= 15 is 0 Å². The number of rotatable bonds is 5. The molecule has 1 aromatic heterocycles. The lowest BCUT2D eigenvalue weighted by molar-refractivity contribution is -0.137. The maximum absolute atomic E-state index is 12.1. The Morgan fingerprint density at radius 1 is 1.17 bits per heavy atom. The number of hydrogen-bond acceptors (Lipinski definition) is 4. The maximum atomic E-state index is 12.1. The minimum Gasteiger partial charge on any atom is -0.481 e. The van der Waals surface area contributed by atoms with Crippen LogP contribution in [0, 0.1) is 0 Å². The highest BCUT2D eigenvalue weighted by Gasteiger charge is 2.33. The van der Waals surface area contributed by atoms with Gasteiger partial charge < -0.3 is 14.8 Å². The van der Waals surface area contributed by atoms with Crippen molar-refractivity contribution in [3.8, 4) is 11.3 Å². The lowest BCUT2D eigenvalue weighted by Crippen LogP contribution is -2.32. The average Bonchev–Trinajstić information content (AvgIpc) is 3.13. The fraction of sp³-hybridized carbons (Fsp3) is 0.118. The number of carboxylic acids is 1. The van der Waals surface area contributed by atoms with E-state index in [2.05, 4.69) is 5.32 Å². The molecule has 2 heterocycles. The molecule has 2 aromatic rings. The van der Waals surface area contributed by atoms with Crippen LogP contribution in [0.1, 0.15) is 12.2 Å². The summed E-state index contributed by atoms with van der Waals surface area (Å²) in [5, 5.41) is 11.1. The summed E-state index contributed by atoms with van der Waals surface area (Å²) in [6.07, 6.45) is 1.12. The molecular formula is C17H14N2O5. The maximum Gasteiger partial charge on any atom is 0.329 e. The van der Waals surface area contributed by atoms with Crippen molar-refractivity contribution in [1.82, 2.24) is 10.2 Å². The van der Waals surface area contributed by atoms with Crippen molar-refractivity contribution in [2.24, 2.45) is 0 Å². The molecule has 3 amide bonds. The number of furan rings is 1. The van der Waals surface area contributed by atoms with Gasteiger partial charge in [-0.15, -0.1) is 0 Å². The van der Waals surface area contributed by atoms with Crippen molar-refractivity contribution in [2.75, 3.05) is 6.54 Å². The van der Waals surface area contributed by atoms with Gasteiger partial charge in [-0.2, -0.15) is 0 Å². The predicted molar refractivity (Wildman–Crippen MR) is 84.6 cm³/mol. The molecule has 1 aliphatic rings. The van der Waals surface area contributed by atoms with Crippen molar-refractivity contribution < 1.29 is 23.9 Å². The first-order valence-electron chi connectivity index (χ1n) is 7.26. The monoisotopic (exact) mass is 326 g/mol. The minimum absolute atomic E-state index is 0.0550. The second-order valence-corrected chi connectivity index (χ2v) is 5.16. The van der Waals surface area contributed by atoms with Crippen molar-refractivity contribution in [3.63, 3.8) is 0 Å². The van der Waals surface area contributed by atoms with Crippen LogP contribution in [-0.2, 0) is 9.59 Å². The Morgan fingerprint density at radius 3 is 2.62 bits per heavy atom. The molecule has 7 heteroatoms. The number of imide groups is 1. The van der Waals surface area contributed by atoms with Crippen LogP contribution in [0.25, 0.3) is 17.4 Å². The number of carboxylic acid groups (broad SMARTS) is 1. The SMILES string of the molecule is O=C(O)CCN1C(=O)N/C(=C\c2ccc(-c3ccccc3)o2)C1=O. The summed E-state index contributed by atoms with van der Waals surface area (Å²) in [6, 6.07) is 12.3. The van der Waals surface area contributed by atoms with E-state index in [1.165, 1.54) is 6.08 Å². The van der Waals surface area contributed by atoms with E-state index in [0.29, 0.717) is 11.5 Å². The molecule has 2 N–H and O–H groups in total. The molecular weight excluding hydrogens is 312 g/mol. The Morgan fingerprint density at radius 2 is 1.92 bits per heavy atom. The van der Waals surface area contributed by atoms with E-state index < -0.39 is 17.9 Å². The second kappa shape index (κ2) is 6.41. The van der Waals surface area contributed by atoms with Gasteiger partial charge in [-0.25, -0.2) is 4.79 Å². The Hall–Kier alpha value is -3.35. The van der Waals surface area contributed by atoms with Crippen LogP contribution in [-0.4, -0.2) is 34.5 Å². The van der Waals surface area contributed by atoms with Gasteiger partial charge in [0.1, 0.15) is 17.2 Å². The van der Waals surface area contributed by atoms with Crippen molar-refractivity contribution >= 4 is 24.0 Å². The van der Waals surface area contributed by atoms with Crippen molar-refractivity contribution in [3.05, 3.63) is 53.9 Å². The number of carbonyl (C=O) groups is 3. The molecule has 0 saturated carbocycles. The summed E-state index contributed by atoms with van der Waals surface area (Å²) in [5.74, 6) is -0.593. The van der Waals surface area contributed by atoms with Crippen molar-refractivity contribution in [1.29, 1.82) is 0 Å². The normalized spacial score (nSPS) is 15.8. The van der Waals surface area contributed by atoms with E-state index in [1.807, 2.05) is 30.3 Å². The number of amides is 3. The topological polar surface area (TPSA) is 99.8 Å². The zero-order valence-electron chi connectivity index (χ0n) is 12.6. The fourth-order valence-corrected chi connectivity index (χ4v) is 2.31. The third-order valence-corrected chi connectivity index (χ3v) is 3.48. The summed E-state index contributed by atoms with van der Waals surface area (Å²) in [4.78, 5) is 35.3. The van der Waals surface area contributed by atoms with Crippen LogP contribution in [0.15, 0.2) is 52.6 Å². The highest BCUT2D eigenvalue weighted by Crippen LogP contribution is 2.23. The standard InChI is InChI=1S/C17H14N2O5/c20-15(21)8-9-19-16(22)13(18-17(19)23)10-12-6-7-14(24-12)11-4-2-1-3-5-11/h1-7,10H,8-9H2,(H,18,23)(H,20,21)/b13-10-. The lowest BCUT2D eigenvalue weighted by Gasteiger charge is -2.08. The first kappa shape index (κ1) is 15.5. The highest BCUT2D eigenvalue weighted by atomic mass is 16.4. The predicted octanol–water partition coefficient (Wildman–Crippen LogP) is 2.31. The zero-order valence-corrected chi connectivity index (χ0v) is 12.6. The molecule has 3 rings (SSSR count). The average molecular weight is 326 g/mol. The number of benzene rings is 1. The van der Waals surface area contributed by atoms with E-state index in [9.17, 15) is 14.4 Å². The first-order valence-corrected chi connectivity index (χ1v) is 7.26. The lowest BCUT2D eigenvalue weighted by atomic mass is 10.2.